The van der Waals surface area contributed by atoms with E-state index in [4.69, 9.17) is 21.1 Å². The van der Waals surface area contributed by atoms with Gasteiger partial charge in [0.2, 0.25) is 0 Å². The first-order chi connectivity index (χ1) is 11.7. The molecule has 1 aliphatic rings. The van der Waals surface area contributed by atoms with Crippen molar-refractivity contribution in [1.82, 2.24) is 10.6 Å². The Labute approximate surface area is 149 Å². The molecule has 0 saturated heterocycles. The van der Waals surface area contributed by atoms with Crippen molar-refractivity contribution in [2.45, 2.75) is 19.3 Å². The molecule has 1 aromatic rings. The van der Waals surface area contributed by atoms with Crippen LogP contribution in [0.15, 0.2) is 34.8 Å². The number of hydrogen-bond donors (Lipinski definition) is 2. The van der Waals surface area contributed by atoms with Crippen LogP contribution in [0.2, 0.25) is 5.02 Å². The molecule has 1 aromatic carbocycles. The van der Waals surface area contributed by atoms with E-state index in [1.807, 2.05) is 18.2 Å². The summed E-state index contributed by atoms with van der Waals surface area (Å²) in [7, 11) is 3.42. The molecule has 0 fully saturated rings. The smallest absolute Gasteiger partial charge is 0.190 e. The van der Waals surface area contributed by atoms with Gasteiger partial charge in [0, 0.05) is 25.2 Å². The van der Waals surface area contributed by atoms with Crippen molar-refractivity contribution in [2.75, 3.05) is 40.5 Å². The quantitative estimate of drug-likeness (QED) is 0.450. The third kappa shape index (κ3) is 6.06. The van der Waals surface area contributed by atoms with Crippen LogP contribution in [0.3, 0.4) is 0 Å². The summed E-state index contributed by atoms with van der Waals surface area (Å²) in [5.41, 5.74) is 2.54. The Hall–Kier alpha value is -1.72. The lowest BCUT2D eigenvalue weighted by Gasteiger charge is -2.15. The van der Waals surface area contributed by atoms with Crippen LogP contribution in [-0.4, -0.2) is 46.4 Å². The Kier molecular flexibility index (Phi) is 7.92. The SMILES string of the molecule is CN=C(NCCC1=CCOCC1)NCCc1ccc(OC)cc1Cl. The third-order valence-electron chi connectivity index (χ3n) is 3.97. The maximum Gasteiger partial charge on any atom is 0.190 e. The second kappa shape index (κ2) is 10.2. The molecular formula is C18H26ClN3O2. The Morgan fingerprint density at radius 1 is 1.29 bits per heavy atom. The van der Waals surface area contributed by atoms with Gasteiger partial charge in [-0.25, -0.2) is 0 Å². The molecule has 0 unspecified atom stereocenters. The van der Waals surface area contributed by atoms with E-state index >= 15 is 0 Å². The summed E-state index contributed by atoms with van der Waals surface area (Å²) in [4.78, 5) is 4.25. The van der Waals surface area contributed by atoms with Crippen LogP contribution in [0, 0.1) is 0 Å². The van der Waals surface area contributed by atoms with Gasteiger partial charge in [0.25, 0.3) is 0 Å². The lowest BCUT2D eigenvalue weighted by Crippen LogP contribution is -2.38. The van der Waals surface area contributed by atoms with Gasteiger partial charge in [-0.15, -0.1) is 0 Å². The van der Waals surface area contributed by atoms with E-state index in [-0.39, 0.29) is 0 Å². The van der Waals surface area contributed by atoms with Crippen molar-refractivity contribution in [3.8, 4) is 5.75 Å². The van der Waals surface area contributed by atoms with Crippen molar-refractivity contribution in [3.63, 3.8) is 0 Å². The molecule has 0 atom stereocenters. The van der Waals surface area contributed by atoms with Crippen molar-refractivity contribution < 1.29 is 9.47 Å². The van der Waals surface area contributed by atoms with E-state index in [0.717, 1.165) is 67.9 Å². The largest absolute Gasteiger partial charge is 0.497 e. The Bertz CT molecular complexity index is 588. The Morgan fingerprint density at radius 3 is 2.71 bits per heavy atom. The first-order valence-corrected chi connectivity index (χ1v) is 8.63. The monoisotopic (exact) mass is 351 g/mol. The highest BCUT2D eigenvalue weighted by molar-refractivity contribution is 6.31. The van der Waals surface area contributed by atoms with E-state index in [1.54, 1.807) is 14.2 Å². The minimum absolute atomic E-state index is 0.727. The molecule has 6 heteroatoms. The van der Waals surface area contributed by atoms with Crippen LogP contribution in [0.5, 0.6) is 5.75 Å². The fraction of sp³-hybridized carbons (Fsp3) is 0.500. The second-order valence-corrected chi connectivity index (χ2v) is 5.98. The molecule has 0 spiro atoms. The molecule has 1 aliphatic heterocycles. The molecule has 24 heavy (non-hydrogen) atoms. The summed E-state index contributed by atoms with van der Waals surface area (Å²) >= 11 is 6.26. The molecule has 2 rings (SSSR count). The lowest BCUT2D eigenvalue weighted by molar-refractivity contribution is 0.153. The first-order valence-electron chi connectivity index (χ1n) is 8.25. The number of aliphatic imine (C=N–C) groups is 1. The summed E-state index contributed by atoms with van der Waals surface area (Å²) in [5.74, 6) is 1.59. The molecular weight excluding hydrogens is 326 g/mol. The maximum absolute atomic E-state index is 6.26. The number of guanidine groups is 1. The first kappa shape index (κ1) is 18.6. The fourth-order valence-electron chi connectivity index (χ4n) is 2.53. The van der Waals surface area contributed by atoms with Gasteiger partial charge in [-0.2, -0.15) is 0 Å². The van der Waals surface area contributed by atoms with Crippen LogP contribution in [-0.2, 0) is 11.2 Å². The molecule has 1 heterocycles. The van der Waals surface area contributed by atoms with Crippen molar-refractivity contribution in [1.29, 1.82) is 0 Å². The zero-order chi connectivity index (χ0) is 17.2. The zero-order valence-corrected chi connectivity index (χ0v) is 15.2. The maximum atomic E-state index is 6.26. The van der Waals surface area contributed by atoms with Gasteiger partial charge in [-0.3, -0.25) is 4.99 Å². The van der Waals surface area contributed by atoms with Gasteiger partial charge in [0.15, 0.2) is 5.96 Å². The zero-order valence-electron chi connectivity index (χ0n) is 14.4. The minimum Gasteiger partial charge on any atom is -0.497 e. The Balaban J connectivity index is 1.70. The van der Waals surface area contributed by atoms with Gasteiger partial charge in [-0.05, 0) is 37.0 Å². The van der Waals surface area contributed by atoms with E-state index in [9.17, 15) is 0 Å². The lowest BCUT2D eigenvalue weighted by atomic mass is 10.1. The number of methoxy groups -OCH3 is 1. The number of halogens is 1. The number of rotatable bonds is 7. The highest BCUT2D eigenvalue weighted by Gasteiger charge is 2.05. The van der Waals surface area contributed by atoms with E-state index in [0.29, 0.717) is 0 Å². The van der Waals surface area contributed by atoms with Crippen LogP contribution in [0.25, 0.3) is 0 Å². The minimum atomic E-state index is 0.727. The van der Waals surface area contributed by atoms with Gasteiger partial charge >= 0.3 is 0 Å². The summed E-state index contributed by atoms with van der Waals surface area (Å²) in [6, 6.07) is 5.76. The molecule has 0 radical (unpaired) electrons. The molecule has 0 aliphatic carbocycles. The molecule has 0 aromatic heterocycles. The van der Waals surface area contributed by atoms with Crippen LogP contribution >= 0.6 is 11.6 Å². The van der Waals surface area contributed by atoms with Crippen molar-refractivity contribution >= 4 is 17.6 Å². The second-order valence-electron chi connectivity index (χ2n) is 5.57. The summed E-state index contributed by atoms with van der Waals surface area (Å²) in [5, 5.41) is 7.38. The van der Waals surface area contributed by atoms with Gasteiger partial charge in [-0.1, -0.05) is 29.3 Å². The number of ether oxygens (including phenoxy) is 2. The van der Waals surface area contributed by atoms with E-state index < -0.39 is 0 Å². The summed E-state index contributed by atoms with van der Waals surface area (Å²) in [6.07, 6.45) is 5.05. The third-order valence-corrected chi connectivity index (χ3v) is 4.32. The average Bonchev–Trinajstić information content (AvgIpc) is 2.62. The number of hydrogen-bond acceptors (Lipinski definition) is 3. The van der Waals surface area contributed by atoms with E-state index in [1.165, 1.54) is 5.57 Å². The predicted molar refractivity (Wildman–Crippen MR) is 99.2 cm³/mol. The van der Waals surface area contributed by atoms with Crippen LogP contribution in [0.1, 0.15) is 18.4 Å². The highest BCUT2D eigenvalue weighted by Crippen LogP contribution is 2.22. The van der Waals surface area contributed by atoms with Crippen LogP contribution < -0.4 is 15.4 Å². The Morgan fingerprint density at radius 2 is 2.08 bits per heavy atom. The summed E-state index contributed by atoms with van der Waals surface area (Å²) in [6.45, 7) is 3.21. The number of nitrogens with one attached hydrogen (secondary N) is 2. The number of benzene rings is 1. The van der Waals surface area contributed by atoms with Gasteiger partial charge in [0.1, 0.15) is 5.75 Å². The standard InChI is InChI=1S/C18H26ClN3O2/c1-20-18(21-9-5-14-7-11-24-12-8-14)22-10-6-15-3-4-16(23-2)13-17(15)19/h3-4,7,13H,5-6,8-12H2,1-2H3,(H2,20,21,22). The van der Waals surface area contributed by atoms with Gasteiger partial charge in [0.05, 0.1) is 20.3 Å². The fourth-order valence-corrected chi connectivity index (χ4v) is 2.79. The van der Waals surface area contributed by atoms with Crippen LogP contribution in [0.4, 0.5) is 0 Å². The average molecular weight is 352 g/mol. The highest BCUT2D eigenvalue weighted by atomic mass is 35.5. The molecule has 0 amide bonds. The molecule has 132 valence electrons. The van der Waals surface area contributed by atoms with Crippen molar-refractivity contribution in [3.05, 3.63) is 40.4 Å². The van der Waals surface area contributed by atoms with Gasteiger partial charge < -0.3 is 20.1 Å². The normalized spacial score (nSPS) is 15.0. The molecule has 0 saturated carbocycles. The number of nitrogens with zero attached hydrogens (tertiary/aromatic N) is 1. The topological polar surface area (TPSA) is 54.9 Å². The summed E-state index contributed by atoms with van der Waals surface area (Å²) < 4.78 is 10.5. The van der Waals surface area contributed by atoms with E-state index in [2.05, 4.69) is 21.7 Å². The molecule has 2 N–H and O–H groups in total. The van der Waals surface area contributed by atoms with Crippen molar-refractivity contribution in [2.24, 2.45) is 4.99 Å². The predicted octanol–water partition coefficient (Wildman–Crippen LogP) is 2.79. The molecule has 0 bridgehead atoms. The molecule has 5 nitrogen and oxygen atoms in total.